The van der Waals surface area contributed by atoms with Crippen LogP contribution in [0.15, 0.2) is 22.6 Å². The number of halogens is 1. The minimum absolute atomic E-state index is 0.227. The van der Waals surface area contributed by atoms with Crippen molar-refractivity contribution in [3.63, 3.8) is 0 Å². The highest BCUT2D eigenvalue weighted by atomic mass is 19.1. The lowest BCUT2D eigenvalue weighted by molar-refractivity contribution is -0.0965. The maximum absolute atomic E-state index is 13.3. The fourth-order valence-electron chi connectivity index (χ4n) is 3.18. The van der Waals surface area contributed by atoms with Crippen LogP contribution in [0.1, 0.15) is 29.0 Å². The topological polar surface area (TPSA) is 53.7 Å². The lowest BCUT2D eigenvalue weighted by atomic mass is 9.88. The van der Waals surface area contributed by atoms with Gasteiger partial charge in [0.15, 0.2) is 5.76 Å². The normalized spacial score (nSPS) is 20.6. The van der Waals surface area contributed by atoms with E-state index in [2.05, 4.69) is 0 Å². The quantitative estimate of drug-likeness (QED) is 0.924. The molecule has 1 aliphatic heterocycles. The van der Waals surface area contributed by atoms with E-state index in [0.29, 0.717) is 35.5 Å². The van der Waals surface area contributed by atoms with Crippen LogP contribution in [0, 0.1) is 18.7 Å². The number of aliphatic hydroxyl groups is 1. The summed E-state index contributed by atoms with van der Waals surface area (Å²) in [7, 11) is 0. The zero-order chi connectivity index (χ0) is 14.8. The van der Waals surface area contributed by atoms with Crippen LogP contribution in [-0.2, 0) is 0 Å². The molecule has 1 aromatic heterocycles. The number of rotatable bonds is 2. The molecule has 21 heavy (non-hydrogen) atoms. The Morgan fingerprint density at radius 3 is 2.81 bits per heavy atom. The summed E-state index contributed by atoms with van der Waals surface area (Å²) in [5.74, 6) is 0.00718. The third-order valence-corrected chi connectivity index (χ3v) is 4.65. The first-order valence-corrected chi connectivity index (χ1v) is 7.18. The van der Waals surface area contributed by atoms with E-state index < -0.39 is 5.60 Å². The van der Waals surface area contributed by atoms with Crippen molar-refractivity contribution in [3.8, 4) is 0 Å². The minimum atomic E-state index is -0.707. The summed E-state index contributed by atoms with van der Waals surface area (Å²) in [5.41, 5.74) is 0.452. The number of fused-ring (bicyclic) bond motifs is 1. The SMILES string of the molecule is Cc1c(C(=O)N2CC(O)(C3CC3)C2)oc2ccc(F)cc12. The molecule has 0 unspecified atom stereocenters. The van der Waals surface area contributed by atoms with Gasteiger partial charge in [-0.1, -0.05) is 0 Å². The second kappa shape index (κ2) is 4.07. The predicted octanol–water partition coefficient (Wildman–Crippen LogP) is 2.48. The number of likely N-dealkylation sites (tertiary alicyclic amines) is 1. The molecule has 4 rings (SSSR count). The second-order valence-corrected chi connectivity index (χ2v) is 6.24. The number of nitrogens with zero attached hydrogens (tertiary/aromatic N) is 1. The van der Waals surface area contributed by atoms with Crippen molar-refractivity contribution in [1.82, 2.24) is 4.90 Å². The summed E-state index contributed by atoms with van der Waals surface area (Å²) < 4.78 is 18.9. The van der Waals surface area contributed by atoms with E-state index in [9.17, 15) is 14.3 Å². The van der Waals surface area contributed by atoms with E-state index in [-0.39, 0.29) is 17.5 Å². The molecule has 1 saturated heterocycles. The Kier molecular flexibility index (Phi) is 2.49. The number of carbonyl (C=O) groups excluding carboxylic acids is 1. The molecule has 1 aromatic carbocycles. The fourth-order valence-corrected chi connectivity index (χ4v) is 3.18. The van der Waals surface area contributed by atoms with Gasteiger partial charge in [-0.2, -0.15) is 0 Å². The molecular weight excluding hydrogens is 273 g/mol. The standard InChI is InChI=1S/C16H16FNO3/c1-9-12-6-11(17)4-5-13(12)21-14(9)15(19)18-7-16(20,8-18)10-2-3-10/h4-6,10,20H,2-3,7-8H2,1H3. The van der Waals surface area contributed by atoms with E-state index in [4.69, 9.17) is 4.42 Å². The first-order chi connectivity index (χ1) is 9.98. The number of hydrogen-bond donors (Lipinski definition) is 1. The summed E-state index contributed by atoms with van der Waals surface area (Å²) in [4.78, 5) is 14.1. The van der Waals surface area contributed by atoms with Crippen LogP contribution in [-0.4, -0.2) is 34.6 Å². The van der Waals surface area contributed by atoms with E-state index in [1.54, 1.807) is 11.8 Å². The Morgan fingerprint density at radius 1 is 1.43 bits per heavy atom. The van der Waals surface area contributed by atoms with Crippen molar-refractivity contribution in [2.24, 2.45) is 5.92 Å². The molecule has 2 heterocycles. The lowest BCUT2D eigenvalue weighted by Gasteiger charge is -2.46. The highest BCUT2D eigenvalue weighted by Gasteiger charge is 2.53. The molecule has 0 atom stereocenters. The van der Waals surface area contributed by atoms with Crippen molar-refractivity contribution in [1.29, 1.82) is 0 Å². The largest absolute Gasteiger partial charge is 0.451 e. The van der Waals surface area contributed by atoms with Crippen LogP contribution < -0.4 is 0 Å². The molecule has 1 N–H and O–H groups in total. The monoisotopic (exact) mass is 289 g/mol. The highest BCUT2D eigenvalue weighted by molar-refractivity contribution is 5.99. The van der Waals surface area contributed by atoms with E-state index in [0.717, 1.165) is 12.8 Å². The van der Waals surface area contributed by atoms with Crippen molar-refractivity contribution in [2.45, 2.75) is 25.4 Å². The maximum Gasteiger partial charge on any atom is 0.290 e. The van der Waals surface area contributed by atoms with Crippen molar-refractivity contribution in [3.05, 3.63) is 35.3 Å². The summed E-state index contributed by atoms with van der Waals surface area (Å²) in [6, 6.07) is 4.22. The first kappa shape index (κ1) is 12.8. The van der Waals surface area contributed by atoms with Crippen LogP contribution in [0.5, 0.6) is 0 Å². The van der Waals surface area contributed by atoms with Gasteiger partial charge in [-0.3, -0.25) is 4.79 Å². The van der Waals surface area contributed by atoms with Crippen molar-refractivity contribution < 1.29 is 18.7 Å². The summed E-state index contributed by atoms with van der Waals surface area (Å²) in [6.45, 7) is 2.48. The smallest absolute Gasteiger partial charge is 0.290 e. The maximum atomic E-state index is 13.3. The molecule has 1 aliphatic carbocycles. The molecule has 1 amide bonds. The zero-order valence-corrected chi connectivity index (χ0v) is 11.7. The molecule has 110 valence electrons. The van der Waals surface area contributed by atoms with Crippen LogP contribution >= 0.6 is 0 Å². The number of hydrogen-bond acceptors (Lipinski definition) is 3. The molecule has 2 aliphatic rings. The average molecular weight is 289 g/mol. The van der Waals surface area contributed by atoms with Crippen LogP contribution in [0.2, 0.25) is 0 Å². The van der Waals surface area contributed by atoms with Gasteiger partial charge in [-0.05, 0) is 43.9 Å². The number of aryl methyl sites for hydroxylation is 1. The predicted molar refractivity (Wildman–Crippen MR) is 74.5 cm³/mol. The Bertz CT molecular complexity index is 741. The summed E-state index contributed by atoms with van der Waals surface area (Å²) in [5, 5.41) is 10.9. The van der Waals surface area contributed by atoms with Gasteiger partial charge in [0.1, 0.15) is 17.0 Å². The number of furan rings is 1. The third kappa shape index (κ3) is 1.87. The molecule has 5 heteroatoms. The molecule has 1 saturated carbocycles. The van der Waals surface area contributed by atoms with Gasteiger partial charge in [-0.25, -0.2) is 4.39 Å². The van der Waals surface area contributed by atoms with E-state index in [1.165, 1.54) is 18.2 Å². The molecule has 0 spiro atoms. The van der Waals surface area contributed by atoms with Gasteiger partial charge in [0.2, 0.25) is 0 Å². The number of amides is 1. The van der Waals surface area contributed by atoms with E-state index in [1.807, 2.05) is 0 Å². The van der Waals surface area contributed by atoms with Crippen molar-refractivity contribution >= 4 is 16.9 Å². The van der Waals surface area contributed by atoms with Gasteiger partial charge in [-0.15, -0.1) is 0 Å². The zero-order valence-electron chi connectivity index (χ0n) is 11.7. The first-order valence-electron chi connectivity index (χ1n) is 7.18. The molecule has 2 fully saturated rings. The molecular formula is C16H16FNO3. The Balaban J connectivity index is 1.62. The fraction of sp³-hybridized carbons (Fsp3) is 0.438. The van der Waals surface area contributed by atoms with E-state index >= 15 is 0 Å². The Hall–Kier alpha value is -1.88. The summed E-state index contributed by atoms with van der Waals surface area (Å²) >= 11 is 0. The van der Waals surface area contributed by atoms with Crippen LogP contribution in [0.4, 0.5) is 4.39 Å². The second-order valence-electron chi connectivity index (χ2n) is 6.24. The molecule has 2 aromatic rings. The summed E-state index contributed by atoms with van der Waals surface area (Å²) in [6.07, 6.45) is 2.09. The number of carbonyl (C=O) groups is 1. The van der Waals surface area contributed by atoms with Gasteiger partial charge >= 0.3 is 0 Å². The van der Waals surface area contributed by atoms with Crippen molar-refractivity contribution in [2.75, 3.05) is 13.1 Å². The third-order valence-electron chi connectivity index (χ3n) is 4.65. The van der Waals surface area contributed by atoms with Crippen LogP contribution in [0.25, 0.3) is 11.0 Å². The van der Waals surface area contributed by atoms with Gasteiger partial charge in [0.05, 0.1) is 13.1 Å². The Morgan fingerprint density at radius 2 is 2.14 bits per heavy atom. The number of β-amino-alcohol motifs (C(OH)–C–C–N with tert-alkyl or cyclic N) is 1. The van der Waals surface area contributed by atoms with Gasteiger partial charge in [0.25, 0.3) is 5.91 Å². The van der Waals surface area contributed by atoms with Gasteiger partial charge < -0.3 is 14.4 Å². The molecule has 4 nitrogen and oxygen atoms in total. The number of benzene rings is 1. The van der Waals surface area contributed by atoms with Gasteiger partial charge in [0, 0.05) is 10.9 Å². The minimum Gasteiger partial charge on any atom is -0.451 e. The molecule has 0 radical (unpaired) electrons. The van der Waals surface area contributed by atoms with Crippen LogP contribution in [0.3, 0.4) is 0 Å². The highest BCUT2D eigenvalue weighted by Crippen LogP contribution is 2.45. The Labute approximate surface area is 121 Å². The lowest BCUT2D eigenvalue weighted by Crippen LogP contribution is -2.64. The average Bonchev–Trinajstić information content (AvgIpc) is 3.22. The molecule has 0 bridgehead atoms.